The highest BCUT2D eigenvalue weighted by atomic mass is 127. The van der Waals surface area contributed by atoms with Crippen molar-refractivity contribution in [3.05, 3.63) is 44.9 Å². The molecule has 26 heavy (non-hydrogen) atoms. The van der Waals surface area contributed by atoms with E-state index in [1.54, 1.807) is 18.4 Å². The van der Waals surface area contributed by atoms with Crippen molar-refractivity contribution in [2.24, 2.45) is 4.99 Å². The van der Waals surface area contributed by atoms with Crippen molar-refractivity contribution in [3.63, 3.8) is 0 Å². The summed E-state index contributed by atoms with van der Waals surface area (Å²) in [5, 5.41) is 8.35. The van der Waals surface area contributed by atoms with Gasteiger partial charge < -0.3 is 15.4 Å². The largest absolute Gasteiger partial charge is 0.497 e. The molecule has 2 rings (SSSR count). The molecule has 0 saturated heterocycles. The van der Waals surface area contributed by atoms with E-state index < -0.39 is 0 Å². The number of guanidine groups is 1. The Bertz CT molecular complexity index is 708. The van der Waals surface area contributed by atoms with Crippen LogP contribution in [0.5, 0.6) is 5.75 Å². The SMILES string of the molecule is CCNC(=NCc1ncc(CC)s1)NCCc1ccc(OC)cc1Cl.I. The number of hydrogen-bond acceptors (Lipinski definition) is 4. The molecule has 1 aromatic heterocycles. The number of aromatic nitrogens is 1. The minimum Gasteiger partial charge on any atom is -0.497 e. The molecule has 1 heterocycles. The molecule has 144 valence electrons. The monoisotopic (exact) mass is 508 g/mol. The number of aliphatic imine (C=N–C) groups is 1. The van der Waals surface area contributed by atoms with Crippen molar-refractivity contribution in [3.8, 4) is 5.75 Å². The molecule has 0 atom stereocenters. The van der Waals surface area contributed by atoms with Crippen LogP contribution in [-0.2, 0) is 19.4 Å². The van der Waals surface area contributed by atoms with Crippen LogP contribution in [0.3, 0.4) is 0 Å². The van der Waals surface area contributed by atoms with E-state index in [0.717, 1.165) is 53.2 Å². The first kappa shape index (κ1) is 23.0. The molecule has 0 aliphatic heterocycles. The van der Waals surface area contributed by atoms with Gasteiger partial charge >= 0.3 is 0 Å². The molecule has 1 aromatic carbocycles. The molecule has 0 bridgehead atoms. The van der Waals surface area contributed by atoms with E-state index in [1.807, 2.05) is 24.4 Å². The second kappa shape index (κ2) is 12.3. The first-order valence-corrected chi connectivity index (χ1v) is 9.63. The van der Waals surface area contributed by atoms with Crippen molar-refractivity contribution in [2.75, 3.05) is 20.2 Å². The van der Waals surface area contributed by atoms with Crippen LogP contribution in [0.25, 0.3) is 0 Å². The molecule has 5 nitrogen and oxygen atoms in total. The van der Waals surface area contributed by atoms with Crippen LogP contribution in [0.4, 0.5) is 0 Å². The third kappa shape index (κ3) is 7.28. The van der Waals surface area contributed by atoms with Crippen molar-refractivity contribution in [1.82, 2.24) is 15.6 Å². The maximum Gasteiger partial charge on any atom is 0.191 e. The van der Waals surface area contributed by atoms with Crippen LogP contribution in [0.1, 0.15) is 29.3 Å². The number of methoxy groups -OCH3 is 1. The van der Waals surface area contributed by atoms with Crippen LogP contribution in [0.2, 0.25) is 5.02 Å². The van der Waals surface area contributed by atoms with Gasteiger partial charge in [0.15, 0.2) is 5.96 Å². The predicted octanol–water partition coefficient (Wildman–Crippen LogP) is 4.28. The van der Waals surface area contributed by atoms with Gasteiger partial charge in [0, 0.05) is 29.2 Å². The van der Waals surface area contributed by atoms with Crippen LogP contribution in [-0.4, -0.2) is 31.1 Å². The standard InChI is InChI=1S/C18H25ClN4OS.HI/c1-4-15-11-22-17(25-15)12-23-18(20-5-2)21-9-8-13-6-7-14(24-3)10-16(13)19;/h6-7,10-11H,4-5,8-9,12H2,1-3H3,(H2,20,21,23);1H. The number of thiazole rings is 1. The molecule has 0 aliphatic rings. The first-order chi connectivity index (χ1) is 12.2. The van der Waals surface area contributed by atoms with Crippen molar-refractivity contribution in [2.45, 2.75) is 33.2 Å². The van der Waals surface area contributed by atoms with Gasteiger partial charge in [-0.25, -0.2) is 9.98 Å². The van der Waals surface area contributed by atoms with Crippen molar-refractivity contribution < 1.29 is 4.74 Å². The highest BCUT2D eigenvalue weighted by Crippen LogP contribution is 2.22. The van der Waals surface area contributed by atoms with Gasteiger partial charge in [-0.2, -0.15) is 0 Å². The summed E-state index contributed by atoms with van der Waals surface area (Å²) in [5.41, 5.74) is 1.08. The summed E-state index contributed by atoms with van der Waals surface area (Å²) in [7, 11) is 1.64. The number of nitrogens with zero attached hydrogens (tertiary/aromatic N) is 2. The highest BCUT2D eigenvalue weighted by Gasteiger charge is 2.04. The van der Waals surface area contributed by atoms with E-state index in [1.165, 1.54) is 4.88 Å². The molecule has 0 saturated carbocycles. The Morgan fingerprint density at radius 2 is 2.12 bits per heavy atom. The highest BCUT2D eigenvalue weighted by molar-refractivity contribution is 14.0. The maximum atomic E-state index is 6.28. The zero-order chi connectivity index (χ0) is 18.1. The fraction of sp³-hybridized carbons (Fsp3) is 0.444. The van der Waals surface area contributed by atoms with Gasteiger partial charge in [-0.1, -0.05) is 24.6 Å². The number of benzene rings is 1. The average Bonchev–Trinajstić information content (AvgIpc) is 3.09. The van der Waals surface area contributed by atoms with E-state index in [-0.39, 0.29) is 24.0 Å². The van der Waals surface area contributed by atoms with Gasteiger partial charge in [0.1, 0.15) is 10.8 Å². The molecule has 0 amide bonds. The second-order valence-electron chi connectivity index (χ2n) is 5.40. The maximum absolute atomic E-state index is 6.28. The van der Waals surface area contributed by atoms with Gasteiger partial charge in [-0.3, -0.25) is 0 Å². The van der Waals surface area contributed by atoms with E-state index in [4.69, 9.17) is 16.3 Å². The Hall–Kier alpha value is -1.06. The molecule has 0 aliphatic carbocycles. The van der Waals surface area contributed by atoms with Crippen molar-refractivity contribution in [1.29, 1.82) is 0 Å². The normalized spacial score (nSPS) is 11.0. The molecular weight excluding hydrogens is 483 g/mol. The summed E-state index contributed by atoms with van der Waals surface area (Å²) in [6.07, 6.45) is 3.76. The van der Waals surface area contributed by atoms with Gasteiger partial charge in [0.25, 0.3) is 0 Å². The van der Waals surface area contributed by atoms with Crippen molar-refractivity contribution >= 4 is 52.9 Å². The smallest absolute Gasteiger partial charge is 0.191 e. The lowest BCUT2D eigenvalue weighted by molar-refractivity contribution is 0.414. The summed E-state index contributed by atoms with van der Waals surface area (Å²) in [4.78, 5) is 10.3. The minimum atomic E-state index is 0. The summed E-state index contributed by atoms with van der Waals surface area (Å²) in [5.74, 6) is 1.56. The minimum absolute atomic E-state index is 0. The number of halogens is 2. The van der Waals surface area contributed by atoms with E-state index in [9.17, 15) is 0 Å². The third-order valence-electron chi connectivity index (χ3n) is 3.61. The van der Waals surface area contributed by atoms with Crippen LogP contribution >= 0.6 is 46.9 Å². The molecule has 0 unspecified atom stereocenters. The number of aryl methyl sites for hydroxylation is 1. The number of rotatable bonds is 8. The number of ether oxygens (including phenoxy) is 1. The van der Waals surface area contributed by atoms with Gasteiger partial charge in [0.2, 0.25) is 0 Å². The zero-order valence-corrected chi connectivity index (χ0v) is 19.2. The fourth-order valence-corrected chi connectivity index (χ4v) is 3.30. The molecule has 8 heteroatoms. The third-order valence-corrected chi connectivity index (χ3v) is 5.09. The summed E-state index contributed by atoms with van der Waals surface area (Å²) in [6, 6.07) is 5.76. The quantitative estimate of drug-likeness (QED) is 0.317. The molecule has 0 spiro atoms. The lowest BCUT2D eigenvalue weighted by Gasteiger charge is -2.12. The lowest BCUT2D eigenvalue weighted by Crippen LogP contribution is -2.38. The van der Waals surface area contributed by atoms with Gasteiger partial charge in [-0.15, -0.1) is 35.3 Å². The average molecular weight is 509 g/mol. The molecule has 0 radical (unpaired) electrons. The molecular formula is C18H26ClIN4OS. The van der Waals surface area contributed by atoms with Gasteiger partial charge in [-0.05, 0) is 37.5 Å². The fourth-order valence-electron chi connectivity index (χ4n) is 2.25. The van der Waals surface area contributed by atoms with E-state index >= 15 is 0 Å². The number of nitrogens with one attached hydrogen (secondary N) is 2. The van der Waals surface area contributed by atoms with E-state index in [0.29, 0.717) is 6.54 Å². The van der Waals surface area contributed by atoms with Crippen LogP contribution in [0.15, 0.2) is 29.4 Å². The Morgan fingerprint density at radius 1 is 1.31 bits per heavy atom. The molecule has 2 aromatic rings. The van der Waals surface area contributed by atoms with Crippen LogP contribution < -0.4 is 15.4 Å². The first-order valence-electron chi connectivity index (χ1n) is 8.44. The lowest BCUT2D eigenvalue weighted by atomic mass is 10.1. The molecule has 0 fully saturated rings. The Balaban J connectivity index is 0.00000338. The van der Waals surface area contributed by atoms with Gasteiger partial charge in [0.05, 0.1) is 13.7 Å². The summed E-state index contributed by atoms with van der Waals surface area (Å²) < 4.78 is 5.17. The summed E-state index contributed by atoms with van der Waals surface area (Å²) in [6.45, 7) is 6.33. The predicted molar refractivity (Wildman–Crippen MR) is 121 cm³/mol. The molecule has 2 N–H and O–H groups in total. The number of hydrogen-bond donors (Lipinski definition) is 2. The summed E-state index contributed by atoms with van der Waals surface area (Å²) >= 11 is 8.00. The Labute approximate surface area is 181 Å². The second-order valence-corrected chi connectivity index (χ2v) is 7.01. The van der Waals surface area contributed by atoms with Crippen LogP contribution in [0, 0.1) is 0 Å². The topological polar surface area (TPSA) is 58.5 Å². The Morgan fingerprint density at radius 3 is 2.73 bits per heavy atom. The zero-order valence-electron chi connectivity index (χ0n) is 15.3. The Kier molecular flexibility index (Phi) is 10.9. The van der Waals surface area contributed by atoms with E-state index in [2.05, 4.69) is 34.5 Å².